The van der Waals surface area contributed by atoms with Crippen LogP contribution in [0, 0.1) is 0 Å². The highest BCUT2D eigenvalue weighted by Crippen LogP contribution is 2.12. The van der Waals surface area contributed by atoms with Gasteiger partial charge in [-0.1, -0.05) is 76.2 Å². The van der Waals surface area contributed by atoms with Crippen LogP contribution in [-0.4, -0.2) is 37.6 Å². The lowest BCUT2D eigenvalue weighted by Crippen LogP contribution is -2.18. The normalized spacial score (nSPS) is 13.0. The fourth-order valence-corrected chi connectivity index (χ4v) is 3.48. The number of carbonyl (C=O) groups excluding carboxylic acids is 1. The summed E-state index contributed by atoms with van der Waals surface area (Å²) in [5.74, 6) is -0.0404. The van der Waals surface area contributed by atoms with Crippen LogP contribution in [0.2, 0.25) is 0 Å². The van der Waals surface area contributed by atoms with E-state index in [0.29, 0.717) is 6.42 Å². The highest BCUT2D eigenvalue weighted by molar-refractivity contribution is 5.69. The third-order valence-corrected chi connectivity index (χ3v) is 5.38. The molecule has 0 radical (unpaired) electrons. The zero-order valence-corrected chi connectivity index (χ0v) is 20.7. The fourth-order valence-electron chi connectivity index (χ4n) is 3.48. The maximum absolute atomic E-state index is 11.8. The zero-order valence-electron chi connectivity index (χ0n) is 20.7. The molecule has 30 heavy (non-hydrogen) atoms. The van der Waals surface area contributed by atoms with Crippen LogP contribution in [0.3, 0.4) is 0 Å². The molecule has 0 aromatic heterocycles. The Morgan fingerprint density at radius 3 is 1.97 bits per heavy atom. The summed E-state index contributed by atoms with van der Waals surface area (Å²) in [5.41, 5.74) is 0. The summed E-state index contributed by atoms with van der Waals surface area (Å²) in [6, 6.07) is 0. The zero-order chi connectivity index (χ0) is 22.3. The van der Waals surface area contributed by atoms with Gasteiger partial charge < -0.3 is 9.64 Å². The summed E-state index contributed by atoms with van der Waals surface area (Å²) in [4.78, 5) is 13.9. The minimum Gasteiger partial charge on any atom is -0.463 e. The average Bonchev–Trinajstić information content (AvgIpc) is 2.70. The Balaban J connectivity index is 3.35. The highest BCUT2D eigenvalue weighted by Gasteiger charge is 2.09. The van der Waals surface area contributed by atoms with Crippen molar-refractivity contribution in [1.82, 2.24) is 4.90 Å². The minimum absolute atomic E-state index is 0.0404. The summed E-state index contributed by atoms with van der Waals surface area (Å²) in [5, 5.41) is 0. The quantitative estimate of drug-likeness (QED) is 0.107. The number of esters is 1. The third-order valence-electron chi connectivity index (χ3n) is 5.38. The van der Waals surface area contributed by atoms with E-state index in [9.17, 15) is 4.79 Å². The standard InChI is InChI=1S/C27H51NO2/c1-5-6-7-8-9-10-11-12-13-14-15-16-17-18-19-20-21-23-26(2)30-27(29)24-22-25-28(3)4/h9-10,12-13,26H,5-8,11,14-25H2,1-4H3/b10-9-,13-12-. The van der Waals surface area contributed by atoms with Crippen LogP contribution in [0.5, 0.6) is 0 Å². The van der Waals surface area contributed by atoms with Crippen LogP contribution in [0.1, 0.15) is 117 Å². The molecule has 0 spiro atoms. The second-order valence-corrected chi connectivity index (χ2v) is 8.93. The molecule has 0 aromatic carbocycles. The van der Waals surface area contributed by atoms with Crippen LogP contribution in [0.15, 0.2) is 24.3 Å². The van der Waals surface area contributed by atoms with Crippen LogP contribution in [-0.2, 0) is 9.53 Å². The Morgan fingerprint density at radius 1 is 0.800 bits per heavy atom. The van der Waals surface area contributed by atoms with E-state index in [-0.39, 0.29) is 12.1 Å². The van der Waals surface area contributed by atoms with Crippen LogP contribution in [0.25, 0.3) is 0 Å². The van der Waals surface area contributed by atoms with E-state index in [1.807, 2.05) is 21.0 Å². The molecule has 176 valence electrons. The van der Waals surface area contributed by atoms with Gasteiger partial charge in [-0.2, -0.15) is 0 Å². The van der Waals surface area contributed by atoms with E-state index >= 15 is 0 Å². The summed E-state index contributed by atoms with van der Waals surface area (Å²) in [6.07, 6.45) is 28.4. The van der Waals surface area contributed by atoms with Gasteiger partial charge in [-0.05, 0) is 78.9 Å². The van der Waals surface area contributed by atoms with Crippen LogP contribution >= 0.6 is 0 Å². The molecule has 1 unspecified atom stereocenters. The lowest BCUT2D eigenvalue weighted by molar-refractivity contribution is -0.148. The van der Waals surface area contributed by atoms with Gasteiger partial charge >= 0.3 is 5.97 Å². The molecular weight excluding hydrogens is 370 g/mol. The van der Waals surface area contributed by atoms with Crippen molar-refractivity contribution in [3.05, 3.63) is 24.3 Å². The molecule has 0 saturated heterocycles. The van der Waals surface area contributed by atoms with Gasteiger partial charge in [0.1, 0.15) is 0 Å². The van der Waals surface area contributed by atoms with Gasteiger partial charge in [0.15, 0.2) is 0 Å². The molecule has 1 atom stereocenters. The van der Waals surface area contributed by atoms with Crippen molar-refractivity contribution in [2.45, 2.75) is 123 Å². The molecule has 0 N–H and O–H groups in total. The highest BCUT2D eigenvalue weighted by atomic mass is 16.5. The van der Waals surface area contributed by atoms with Crippen molar-refractivity contribution in [1.29, 1.82) is 0 Å². The predicted molar refractivity (Wildman–Crippen MR) is 132 cm³/mol. The smallest absolute Gasteiger partial charge is 0.306 e. The molecule has 0 aromatic rings. The maximum Gasteiger partial charge on any atom is 0.306 e. The minimum atomic E-state index is -0.0404. The number of ether oxygens (including phenoxy) is 1. The van der Waals surface area contributed by atoms with Crippen molar-refractivity contribution < 1.29 is 9.53 Å². The van der Waals surface area contributed by atoms with Crippen LogP contribution < -0.4 is 0 Å². The molecule has 0 bridgehead atoms. The number of allylic oxidation sites excluding steroid dienone is 4. The molecule has 0 aliphatic rings. The SMILES string of the molecule is CCCCC/C=C\C/C=C\CCCCCCCCCC(C)OC(=O)CCCN(C)C. The van der Waals surface area contributed by atoms with Gasteiger partial charge in [0.05, 0.1) is 6.10 Å². The average molecular weight is 422 g/mol. The second-order valence-electron chi connectivity index (χ2n) is 8.93. The Labute approximate surface area is 188 Å². The van der Waals surface area contributed by atoms with Gasteiger partial charge in [-0.25, -0.2) is 0 Å². The molecular formula is C27H51NO2. The first-order chi connectivity index (χ1) is 14.6. The van der Waals surface area contributed by atoms with Gasteiger partial charge in [0, 0.05) is 6.42 Å². The monoisotopic (exact) mass is 421 g/mol. The fraction of sp³-hybridized carbons (Fsp3) is 0.815. The van der Waals surface area contributed by atoms with Crippen molar-refractivity contribution >= 4 is 5.97 Å². The number of carbonyl (C=O) groups is 1. The van der Waals surface area contributed by atoms with E-state index < -0.39 is 0 Å². The molecule has 0 heterocycles. The van der Waals surface area contributed by atoms with E-state index in [2.05, 4.69) is 36.1 Å². The number of unbranched alkanes of at least 4 members (excludes halogenated alkanes) is 10. The topological polar surface area (TPSA) is 29.5 Å². The molecule has 0 fully saturated rings. The molecule has 0 rings (SSSR count). The third kappa shape index (κ3) is 23.2. The van der Waals surface area contributed by atoms with Crippen molar-refractivity contribution in [2.24, 2.45) is 0 Å². The van der Waals surface area contributed by atoms with Crippen molar-refractivity contribution in [2.75, 3.05) is 20.6 Å². The first kappa shape index (κ1) is 28.9. The number of nitrogens with zero attached hydrogens (tertiary/aromatic N) is 1. The predicted octanol–water partition coefficient (Wildman–Crippen LogP) is 7.85. The van der Waals surface area contributed by atoms with Gasteiger partial charge in [0.25, 0.3) is 0 Å². The van der Waals surface area contributed by atoms with E-state index in [1.54, 1.807) is 0 Å². The molecule has 3 heteroatoms. The molecule has 3 nitrogen and oxygen atoms in total. The Kier molecular flexibility index (Phi) is 21.8. The molecule has 0 aliphatic carbocycles. The first-order valence-electron chi connectivity index (χ1n) is 12.7. The van der Waals surface area contributed by atoms with Gasteiger partial charge in [0.2, 0.25) is 0 Å². The van der Waals surface area contributed by atoms with E-state index in [1.165, 1.54) is 77.0 Å². The Hall–Kier alpha value is -1.09. The Morgan fingerprint density at radius 2 is 1.37 bits per heavy atom. The number of rotatable bonds is 21. The summed E-state index contributed by atoms with van der Waals surface area (Å²) < 4.78 is 5.49. The largest absolute Gasteiger partial charge is 0.463 e. The number of hydrogen-bond donors (Lipinski definition) is 0. The van der Waals surface area contributed by atoms with Gasteiger partial charge in [-0.3, -0.25) is 4.79 Å². The van der Waals surface area contributed by atoms with E-state index in [0.717, 1.165) is 25.8 Å². The summed E-state index contributed by atoms with van der Waals surface area (Å²) in [6.45, 7) is 5.22. The Bertz CT molecular complexity index is 429. The van der Waals surface area contributed by atoms with E-state index in [4.69, 9.17) is 4.74 Å². The second kappa shape index (κ2) is 22.6. The van der Waals surface area contributed by atoms with Crippen LogP contribution in [0.4, 0.5) is 0 Å². The summed E-state index contributed by atoms with van der Waals surface area (Å²) >= 11 is 0. The maximum atomic E-state index is 11.8. The lowest BCUT2D eigenvalue weighted by Gasteiger charge is -2.14. The number of hydrogen-bond acceptors (Lipinski definition) is 3. The van der Waals surface area contributed by atoms with Gasteiger partial charge in [-0.15, -0.1) is 0 Å². The molecule has 0 amide bonds. The molecule has 0 saturated carbocycles. The molecule has 0 aliphatic heterocycles. The van der Waals surface area contributed by atoms with Crippen molar-refractivity contribution in [3.63, 3.8) is 0 Å². The summed E-state index contributed by atoms with van der Waals surface area (Å²) in [7, 11) is 4.06. The van der Waals surface area contributed by atoms with Crippen molar-refractivity contribution in [3.8, 4) is 0 Å². The first-order valence-corrected chi connectivity index (χ1v) is 12.7. The lowest BCUT2D eigenvalue weighted by atomic mass is 10.1.